The number of aromatic nitrogens is 1. The molecule has 0 unspecified atom stereocenters. The molecule has 1 heterocycles. The van der Waals surface area contributed by atoms with Crippen LogP contribution in [0.1, 0.15) is 0 Å². The van der Waals surface area contributed by atoms with Gasteiger partial charge in [0.2, 0.25) is 0 Å². The summed E-state index contributed by atoms with van der Waals surface area (Å²) in [4.78, 5) is 12.4. The number of pyridine rings is 1. The molecule has 0 saturated heterocycles. The molecule has 0 N–H and O–H groups in total. The summed E-state index contributed by atoms with van der Waals surface area (Å²) in [5.41, 5.74) is -0.484. The molecule has 5 nitrogen and oxygen atoms in total. The molecule has 0 amide bonds. The average molecular weight is 139 g/mol. The topological polar surface area (TPSA) is 75.9 Å². The third-order valence-corrected chi connectivity index (χ3v) is 0.948. The van der Waals surface area contributed by atoms with Crippen molar-refractivity contribution in [3.63, 3.8) is 0 Å². The van der Waals surface area contributed by atoms with Gasteiger partial charge in [-0.15, -0.1) is 0 Å². The fourth-order valence-electron chi connectivity index (χ4n) is 0.521. The van der Waals surface area contributed by atoms with E-state index in [1.54, 1.807) is 0 Å². The van der Waals surface area contributed by atoms with Crippen LogP contribution in [-0.4, -0.2) is 9.91 Å². The van der Waals surface area contributed by atoms with E-state index in [-0.39, 0.29) is 0 Å². The normalized spacial score (nSPS) is 9.20. The lowest BCUT2D eigenvalue weighted by Crippen LogP contribution is -1.88. The summed E-state index contributed by atoms with van der Waals surface area (Å²) >= 11 is 0. The van der Waals surface area contributed by atoms with Crippen LogP contribution in [0, 0.1) is 10.1 Å². The Kier molecular flexibility index (Phi) is 1.49. The highest BCUT2D eigenvalue weighted by atomic mass is 16.6. The third kappa shape index (κ3) is 1.02. The van der Waals surface area contributed by atoms with E-state index < -0.39 is 16.5 Å². The van der Waals surface area contributed by atoms with Crippen LogP contribution in [-0.2, 0) is 5.11 Å². The summed E-state index contributed by atoms with van der Waals surface area (Å²) in [6.07, 6.45) is 1.22. The number of hydrogen-bond acceptors (Lipinski definition) is 3. The van der Waals surface area contributed by atoms with E-state index in [1.807, 2.05) is 0 Å². The molecule has 10 heavy (non-hydrogen) atoms. The van der Waals surface area contributed by atoms with E-state index in [0.29, 0.717) is 0 Å². The lowest BCUT2D eigenvalue weighted by molar-refractivity contribution is -0.386. The molecule has 0 atom stereocenters. The molecular weight excluding hydrogens is 136 g/mol. The summed E-state index contributed by atoms with van der Waals surface area (Å²) in [5, 5.41) is 20.5. The molecule has 1 aromatic rings. The highest BCUT2D eigenvalue weighted by molar-refractivity contribution is 5.37. The summed E-state index contributed by atoms with van der Waals surface area (Å²) in [6, 6.07) is 2.47. The lowest BCUT2D eigenvalue weighted by Gasteiger charge is -1.87. The zero-order valence-electron chi connectivity index (χ0n) is 4.85. The first-order chi connectivity index (χ1) is 4.72. The Morgan fingerprint density at radius 3 is 2.70 bits per heavy atom. The maximum atomic E-state index is 10.5. The van der Waals surface area contributed by atoms with Crippen molar-refractivity contribution in [2.24, 2.45) is 0 Å². The van der Waals surface area contributed by atoms with Crippen LogP contribution in [0.5, 0.6) is 5.88 Å². The van der Waals surface area contributed by atoms with Gasteiger partial charge in [0, 0.05) is 12.3 Å². The standard InChI is InChI=1S/C5H3N2O3/c8-5-4(7(9)10)2-1-3-6-5/h1-3H. The SMILES string of the molecule is [O]c1ncccc1[N+](=O)[O-]. The predicted octanol–water partition coefficient (Wildman–Crippen LogP) is 1.13. The van der Waals surface area contributed by atoms with Crippen LogP contribution < -0.4 is 0 Å². The van der Waals surface area contributed by atoms with Crippen molar-refractivity contribution in [3.8, 4) is 5.88 Å². The van der Waals surface area contributed by atoms with Gasteiger partial charge >= 0.3 is 11.6 Å². The molecule has 1 rings (SSSR count). The fourth-order valence-corrected chi connectivity index (χ4v) is 0.521. The molecule has 0 fully saturated rings. The van der Waals surface area contributed by atoms with Gasteiger partial charge in [-0.2, -0.15) is 0 Å². The van der Waals surface area contributed by atoms with E-state index in [4.69, 9.17) is 0 Å². The molecule has 0 aliphatic heterocycles. The minimum atomic E-state index is -0.799. The second-order valence-electron chi connectivity index (χ2n) is 1.58. The van der Waals surface area contributed by atoms with Crippen molar-refractivity contribution < 1.29 is 10.0 Å². The molecule has 0 spiro atoms. The van der Waals surface area contributed by atoms with Gasteiger partial charge in [-0.25, -0.2) is 4.98 Å². The molecular formula is C5H3N2O3. The predicted molar refractivity (Wildman–Crippen MR) is 31.0 cm³/mol. The van der Waals surface area contributed by atoms with E-state index >= 15 is 0 Å². The quantitative estimate of drug-likeness (QED) is 0.432. The van der Waals surface area contributed by atoms with E-state index in [0.717, 1.165) is 6.07 Å². The molecule has 0 saturated carbocycles. The molecule has 51 valence electrons. The first kappa shape index (κ1) is 6.47. The summed E-state index contributed by atoms with van der Waals surface area (Å²) < 4.78 is 0. The van der Waals surface area contributed by atoms with E-state index in [9.17, 15) is 15.2 Å². The Morgan fingerprint density at radius 2 is 2.30 bits per heavy atom. The lowest BCUT2D eigenvalue weighted by atomic mass is 10.4. The van der Waals surface area contributed by atoms with Crippen molar-refractivity contribution in [3.05, 3.63) is 28.4 Å². The smallest absolute Gasteiger partial charge is 0.259 e. The monoisotopic (exact) mass is 139 g/mol. The van der Waals surface area contributed by atoms with E-state index in [2.05, 4.69) is 4.98 Å². The first-order valence-corrected chi connectivity index (χ1v) is 2.48. The Morgan fingerprint density at radius 1 is 1.60 bits per heavy atom. The molecule has 0 aromatic carbocycles. The molecule has 0 aliphatic rings. The van der Waals surface area contributed by atoms with Crippen LogP contribution in [0.4, 0.5) is 5.69 Å². The number of hydrogen-bond donors (Lipinski definition) is 0. The van der Waals surface area contributed by atoms with Gasteiger partial charge in [0.25, 0.3) is 0 Å². The minimum absolute atomic E-state index is 0.484. The van der Waals surface area contributed by atoms with Crippen LogP contribution in [0.25, 0.3) is 0 Å². The van der Waals surface area contributed by atoms with Crippen molar-refractivity contribution in [1.29, 1.82) is 0 Å². The van der Waals surface area contributed by atoms with Crippen molar-refractivity contribution >= 4 is 5.69 Å². The Balaban J connectivity index is 3.15. The van der Waals surface area contributed by atoms with Crippen LogP contribution in [0.3, 0.4) is 0 Å². The van der Waals surface area contributed by atoms with Gasteiger partial charge < -0.3 is 0 Å². The van der Waals surface area contributed by atoms with Gasteiger partial charge in [-0.3, -0.25) is 15.2 Å². The largest absolute Gasteiger partial charge is 0.347 e. The van der Waals surface area contributed by atoms with Gasteiger partial charge in [0.1, 0.15) is 0 Å². The highest BCUT2D eigenvalue weighted by Crippen LogP contribution is 2.20. The Bertz CT molecular complexity index is 261. The zero-order chi connectivity index (χ0) is 7.56. The van der Waals surface area contributed by atoms with Gasteiger partial charge in [-0.1, -0.05) is 0 Å². The van der Waals surface area contributed by atoms with Gasteiger partial charge in [0.05, 0.1) is 4.92 Å². The minimum Gasteiger partial charge on any atom is -0.259 e. The molecule has 0 bridgehead atoms. The molecule has 1 radical (unpaired) electrons. The second-order valence-corrected chi connectivity index (χ2v) is 1.58. The Labute approximate surface area is 56.1 Å². The highest BCUT2D eigenvalue weighted by Gasteiger charge is 2.13. The fraction of sp³-hybridized carbons (Fsp3) is 0. The molecule has 0 aliphatic carbocycles. The van der Waals surface area contributed by atoms with Crippen molar-refractivity contribution in [1.82, 2.24) is 4.98 Å². The average Bonchev–Trinajstić information content (AvgIpc) is 1.88. The summed E-state index contributed by atoms with van der Waals surface area (Å²) in [6.45, 7) is 0. The van der Waals surface area contributed by atoms with Gasteiger partial charge in [-0.05, 0) is 6.07 Å². The maximum absolute atomic E-state index is 10.5. The summed E-state index contributed by atoms with van der Waals surface area (Å²) in [7, 11) is 0. The molecule has 5 heteroatoms. The van der Waals surface area contributed by atoms with Crippen LogP contribution in [0.15, 0.2) is 18.3 Å². The zero-order valence-corrected chi connectivity index (χ0v) is 4.85. The van der Waals surface area contributed by atoms with Gasteiger partial charge in [0.15, 0.2) is 0 Å². The second kappa shape index (κ2) is 2.30. The number of nitro groups is 1. The number of nitrogens with zero attached hydrogens (tertiary/aromatic N) is 2. The van der Waals surface area contributed by atoms with Crippen molar-refractivity contribution in [2.45, 2.75) is 0 Å². The molecule has 1 aromatic heterocycles. The van der Waals surface area contributed by atoms with Crippen LogP contribution in [0.2, 0.25) is 0 Å². The van der Waals surface area contributed by atoms with Crippen LogP contribution >= 0.6 is 0 Å². The third-order valence-electron chi connectivity index (χ3n) is 0.948. The number of rotatable bonds is 1. The van der Waals surface area contributed by atoms with E-state index in [1.165, 1.54) is 12.3 Å². The maximum Gasteiger partial charge on any atom is 0.347 e. The Hall–Kier alpha value is -1.65. The summed E-state index contributed by atoms with van der Waals surface area (Å²) in [5.74, 6) is -0.799. The van der Waals surface area contributed by atoms with Crippen molar-refractivity contribution in [2.75, 3.05) is 0 Å². The first-order valence-electron chi connectivity index (χ1n) is 2.48.